The lowest BCUT2D eigenvalue weighted by Crippen LogP contribution is -2.01. The van der Waals surface area contributed by atoms with Crippen molar-refractivity contribution in [3.63, 3.8) is 0 Å². The predicted molar refractivity (Wildman–Crippen MR) is 105 cm³/mol. The molecule has 0 aliphatic heterocycles. The Morgan fingerprint density at radius 3 is 2.75 bits per heavy atom. The maximum absolute atomic E-state index is 11.7. The Labute approximate surface area is 165 Å². The number of rotatable bonds is 7. The largest absolute Gasteiger partial charge is 0.488 e. The lowest BCUT2D eigenvalue weighted by molar-refractivity contribution is -0.131. The summed E-state index contributed by atoms with van der Waals surface area (Å²) in [6.07, 6.45) is 1.52. The quantitative estimate of drug-likeness (QED) is 0.465. The van der Waals surface area contributed by atoms with Crippen LogP contribution in [0.2, 0.25) is 0 Å². The molecule has 2 aromatic carbocycles. The third kappa shape index (κ3) is 4.78. The van der Waals surface area contributed by atoms with Gasteiger partial charge in [-0.2, -0.15) is 5.26 Å². The fourth-order valence-electron chi connectivity index (χ4n) is 2.38. The topological polar surface area (TPSA) is 112 Å². The number of nitrogens with one attached hydrogen (secondary N) is 1. The van der Waals surface area contributed by atoms with Crippen molar-refractivity contribution in [1.82, 2.24) is 15.2 Å². The number of aliphatic carboxylic acids is 1. The van der Waals surface area contributed by atoms with Crippen LogP contribution < -0.4 is 4.74 Å². The molecule has 8 heteroatoms. The normalized spacial score (nSPS) is 11.1. The van der Waals surface area contributed by atoms with Crippen LogP contribution in [0, 0.1) is 18.3 Å². The smallest absolute Gasteiger partial charge is 0.342 e. The van der Waals surface area contributed by atoms with Crippen LogP contribution in [0.3, 0.4) is 0 Å². The first kappa shape index (κ1) is 19.2. The van der Waals surface area contributed by atoms with Crippen LogP contribution in [0.4, 0.5) is 0 Å². The molecule has 0 bridgehead atoms. The van der Waals surface area contributed by atoms with Crippen molar-refractivity contribution in [2.24, 2.45) is 0 Å². The van der Waals surface area contributed by atoms with Gasteiger partial charge in [-0.3, -0.25) is 5.10 Å². The fraction of sp³-hybridized carbons (Fsp3) is 0.100. The van der Waals surface area contributed by atoms with Gasteiger partial charge in [0.2, 0.25) is 5.16 Å². The number of aromatic nitrogens is 3. The maximum Gasteiger partial charge on any atom is 0.342 e. The van der Waals surface area contributed by atoms with Gasteiger partial charge in [0.25, 0.3) is 0 Å². The lowest BCUT2D eigenvalue weighted by atomic mass is 10.1. The zero-order valence-corrected chi connectivity index (χ0v) is 15.7. The first-order chi connectivity index (χ1) is 13.6. The molecular weight excluding hydrogens is 376 g/mol. The number of hydrogen-bond acceptors (Lipinski definition) is 6. The number of nitriles is 1. The molecule has 7 nitrogen and oxygen atoms in total. The van der Waals surface area contributed by atoms with Crippen LogP contribution in [0.15, 0.2) is 58.6 Å². The number of carboxylic acid groups (broad SMARTS) is 1. The summed E-state index contributed by atoms with van der Waals surface area (Å²) in [7, 11) is 0. The number of nitrogens with zero attached hydrogens (tertiary/aromatic N) is 3. The molecule has 0 aliphatic rings. The highest BCUT2D eigenvalue weighted by molar-refractivity contribution is 8.04. The Morgan fingerprint density at radius 1 is 1.29 bits per heavy atom. The Balaban J connectivity index is 1.84. The number of aryl methyl sites for hydroxylation is 1. The molecule has 0 amide bonds. The van der Waals surface area contributed by atoms with Gasteiger partial charge in [0.05, 0.1) is 11.6 Å². The Hall–Kier alpha value is -3.57. The van der Waals surface area contributed by atoms with Gasteiger partial charge in [-0.05, 0) is 36.9 Å². The standard InChI is InChI=1S/C20H16N4O3S/c1-13-22-20(24-23-13)28-18(19(25)26)10-14-6-4-5-9-17(14)27-12-16-8-3-2-7-15(16)11-21/h2-10H,12H2,1H3,(H,25,26)(H,22,23,24)/b18-10-. The maximum atomic E-state index is 11.7. The minimum absolute atomic E-state index is 0.0625. The van der Waals surface area contributed by atoms with E-state index in [1.54, 1.807) is 43.3 Å². The second-order valence-electron chi connectivity index (χ2n) is 5.71. The van der Waals surface area contributed by atoms with Gasteiger partial charge in [-0.15, -0.1) is 5.10 Å². The van der Waals surface area contributed by atoms with Crippen LogP contribution in [-0.2, 0) is 11.4 Å². The molecule has 1 aromatic heterocycles. The van der Waals surface area contributed by atoms with E-state index in [1.165, 1.54) is 6.08 Å². The molecule has 0 radical (unpaired) electrons. The second kappa shape index (κ2) is 8.88. The van der Waals surface area contributed by atoms with Gasteiger partial charge in [-0.25, -0.2) is 9.78 Å². The van der Waals surface area contributed by atoms with Crippen LogP contribution in [0.1, 0.15) is 22.5 Å². The van der Waals surface area contributed by atoms with Crippen molar-refractivity contribution in [3.05, 3.63) is 76.0 Å². The molecule has 0 atom stereocenters. The molecule has 3 aromatic rings. The van der Waals surface area contributed by atoms with Crippen LogP contribution in [0.25, 0.3) is 6.08 Å². The van der Waals surface area contributed by atoms with E-state index in [9.17, 15) is 15.2 Å². The average Bonchev–Trinajstić information content (AvgIpc) is 3.11. The molecule has 0 saturated heterocycles. The van der Waals surface area contributed by atoms with Crippen molar-refractivity contribution in [3.8, 4) is 11.8 Å². The van der Waals surface area contributed by atoms with Gasteiger partial charge in [0.1, 0.15) is 23.1 Å². The van der Waals surface area contributed by atoms with E-state index in [0.717, 1.165) is 17.3 Å². The first-order valence-electron chi connectivity index (χ1n) is 8.28. The minimum Gasteiger partial charge on any atom is -0.488 e. The highest BCUT2D eigenvalue weighted by Crippen LogP contribution is 2.29. The zero-order valence-electron chi connectivity index (χ0n) is 14.9. The second-order valence-corrected chi connectivity index (χ2v) is 6.72. The highest BCUT2D eigenvalue weighted by atomic mass is 32.2. The zero-order chi connectivity index (χ0) is 19.9. The van der Waals surface area contributed by atoms with E-state index in [4.69, 9.17) is 4.74 Å². The highest BCUT2D eigenvalue weighted by Gasteiger charge is 2.14. The van der Waals surface area contributed by atoms with Crippen LogP contribution in [0.5, 0.6) is 5.75 Å². The molecule has 0 unspecified atom stereocenters. The van der Waals surface area contributed by atoms with E-state index in [2.05, 4.69) is 21.3 Å². The van der Waals surface area contributed by atoms with Gasteiger partial charge in [-0.1, -0.05) is 36.4 Å². The Bertz CT molecular complexity index is 1070. The van der Waals surface area contributed by atoms with E-state index in [1.807, 2.05) is 12.1 Å². The molecule has 0 spiro atoms. The number of benzene rings is 2. The summed E-state index contributed by atoms with van der Waals surface area (Å²) in [4.78, 5) is 15.8. The lowest BCUT2D eigenvalue weighted by Gasteiger charge is -2.11. The summed E-state index contributed by atoms with van der Waals surface area (Å²) < 4.78 is 5.87. The van der Waals surface area contributed by atoms with Crippen molar-refractivity contribution in [2.45, 2.75) is 18.7 Å². The molecule has 0 saturated carbocycles. The van der Waals surface area contributed by atoms with Gasteiger partial charge >= 0.3 is 5.97 Å². The molecule has 0 fully saturated rings. The molecule has 0 aliphatic carbocycles. The van der Waals surface area contributed by atoms with Crippen molar-refractivity contribution >= 4 is 23.8 Å². The third-order valence-corrected chi connectivity index (χ3v) is 4.59. The fourth-order valence-corrected chi connectivity index (χ4v) is 3.13. The summed E-state index contributed by atoms with van der Waals surface area (Å²) in [5.74, 6) is 0.0324. The van der Waals surface area contributed by atoms with E-state index >= 15 is 0 Å². The first-order valence-corrected chi connectivity index (χ1v) is 9.10. The van der Waals surface area contributed by atoms with Crippen molar-refractivity contribution in [1.29, 1.82) is 5.26 Å². The third-order valence-electron chi connectivity index (χ3n) is 3.72. The predicted octanol–water partition coefficient (Wildman–Crippen LogP) is 3.78. The van der Waals surface area contributed by atoms with E-state index in [-0.39, 0.29) is 11.5 Å². The SMILES string of the molecule is Cc1nc(S/C(=C\c2ccccc2OCc2ccccc2C#N)C(=O)O)n[nH]1. The summed E-state index contributed by atoms with van der Waals surface area (Å²) in [6.45, 7) is 1.94. The number of carbonyl (C=O) groups is 1. The number of ether oxygens (including phenoxy) is 1. The number of thioether (sulfide) groups is 1. The number of H-pyrrole nitrogens is 1. The Morgan fingerprint density at radius 2 is 2.04 bits per heavy atom. The van der Waals surface area contributed by atoms with Crippen LogP contribution in [-0.4, -0.2) is 26.3 Å². The summed E-state index contributed by atoms with van der Waals surface area (Å²) >= 11 is 0.951. The average molecular weight is 392 g/mol. The molecular formula is C20H16N4O3S. The molecule has 140 valence electrons. The van der Waals surface area contributed by atoms with E-state index < -0.39 is 5.97 Å². The van der Waals surface area contributed by atoms with Crippen LogP contribution >= 0.6 is 11.8 Å². The number of para-hydroxylation sites is 1. The molecule has 28 heavy (non-hydrogen) atoms. The molecule has 2 N–H and O–H groups in total. The van der Waals surface area contributed by atoms with E-state index in [0.29, 0.717) is 27.9 Å². The van der Waals surface area contributed by atoms with Crippen molar-refractivity contribution in [2.75, 3.05) is 0 Å². The number of hydrogen-bond donors (Lipinski definition) is 2. The molecule has 3 rings (SSSR count). The van der Waals surface area contributed by atoms with Gasteiger partial charge < -0.3 is 9.84 Å². The number of aromatic amines is 1. The minimum atomic E-state index is -1.09. The van der Waals surface area contributed by atoms with Gasteiger partial charge in [0, 0.05) is 11.1 Å². The van der Waals surface area contributed by atoms with Crippen molar-refractivity contribution < 1.29 is 14.6 Å². The van der Waals surface area contributed by atoms with Gasteiger partial charge in [0.15, 0.2) is 0 Å². The Kier molecular flexibility index (Phi) is 6.09. The number of carboxylic acids is 1. The summed E-state index contributed by atoms with van der Waals surface area (Å²) in [5.41, 5.74) is 1.90. The summed E-state index contributed by atoms with van der Waals surface area (Å²) in [6, 6.07) is 16.4. The molecule has 1 heterocycles. The monoisotopic (exact) mass is 392 g/mol. The summed E-state index contributed by atoms with van der Waals surface area (Å²) in [5, 5.41) is 25.7.